The van der Waals surface area contributed by atoms with E-state index in [0.29, 0.717) is 5.92 Å². The molecule has 0 bridgehead atoms. The monoisotopic (exact) mass is 272 g/mol. The molecule has 20 heavy (non-hydrogen) atoms. The molecule has 4 nitrogen and oxygen atoms in total. The predicted octanol–water partition coefficient (Wildman–Crippen LogP) is 2.67. The van der Waals surface area contributed by atoms with E-state index in [2.05, 4.69) is 17.5 Å². The fourth-order valence-electron chi connectivity index (χ4n) is 3.65. The Morgan fingerprint density at radius 2 is 2.15 bits per heavy atom. The first-order valence-corrected chi connectivity index (χ1v) is 7.23. The van der Waals surface area contributed by atoms with Crippen LogP contribution < -0.4 is 5.43 Å². The topological polar surface area (TPSA) is 61.7 Å². The quantitative estimate of drug-likeness (QED) is 0.656. The Bertz CT molecular complexity index is 538. The molecule has 0 radical (unpaired) electrons. The zero-order chi connectivity index (χ0) is 14.2. The van der Waals surface area contributed by atoms with Gasteiger partial charge in [-0.3, -0.25) is 4.79 Å². The van der Waals surface area contributed by atoms with Crippen molar-refractivity contribution in [3.05, 3.63) is 29.8 Å². The zero-order valence-corrected chi connectivity index (χ0v) is 11.7. The molecular weight excluding hydrogens is 252 g/mol. The van der Waals surface area contributed by atoms with Crippen molar-refractivity contribution in [2.24, 2.45) is 22.4 Å². The lowest BCUT2D eigenvalue weighted by Crippen LogP contribution is -2.22. The Labute approximate surface area is 118 Å². The zero-order valence-electron chi connectivity index (χ0n) is 11.7. The molecule has 1 aromatic carbocycles. The van der Waals surface area contributed by atoms with Gasteiger partial charge >= 0.3 is 0 Å². The molecule has 0 aromatic heterocycles. The summed E-state index contributed by atoms with van der Waals surface area (Å²) in [6.07, 6.45) is 6.44. The van der Waals surface area contributed by atoms with Crippen LogP contribution in [0, 0.1) is 17.3 Å². The van der Waals surface area contributed by atoms with E-state index < -0.39 is 0 Å². The molecule has 2 aliphatic carbocycles. The summed E-state index contributed by atoms with van der Waals surface area (Å²) in [6.45, 7) is 2.23. The molecule has 0 aliphatic heterocycles. The summed E-state index contributed by atoms with van der Waals surface area (Å²) >= 11 is 0. The highest BCUT2D eigenvalue weighted by Gasteiger charge is 2.64. The van der Waals surface area contributed by atoms with Gasteiger partial charge in [0.05, 0.1) is 6.21 Å². The number of hydrogen-bond acceptors (Lipinski definition) is 3. The summed E-state index contributed by atoms with van der Waals surface area (Å²) in [4.78, 5) is 12.2. The smallest absolute Gasteiger partial charge is 0.244 e. The molecule has 3 rings (SSSR count). The summed E-state index contributed by atoms with van der Waals surface area (Å²) in [5.41, 5.74) is 3.73. The summed E-state index contributed by atoms with van der Waals surface area (Å²) < 4.78 is 0. The molecule has 106 valence electrons. The molecule has 0 unspecified atom stereocenters. The first-order valence-electron chi connectivity index (χ1n) is 7.23. The lowest BCUT2D eigenvalue weighted by atomic mass is 9.90. The third-order valence-corrected chi connectivity index (χ3v) is 4.90. The highest BCUT2D eigenvalue weighted by atomic mass is 16.3. The van der Waals surface area contributed by atoms with Crippen LogP contribution in [-0.4, -0.2) is 17.2 Å². The van der Waals surface area contributed by atoms with E-state index in [1.807, 2.05) is 0 Å². The van der Waals surface area contributed by atoms with E-state index in [9.17, 15) is 9.90 Å². The van der Waals surface area contributed by atoms with Crippen molar-refractivity contribution >= 4 is 12.1 Å². The molecule has 2 fully saturated rings. The average Bonchev–Trinajstić information content (AvgIpc) is 3.06. The van der Waals surface area contributed by atoms with Gasteiger partial charge in [-0.1, -0.05) is 19.8 Å². The van der Waals surface area contributed by atoms with Crippen LogP contribution in [0.25, 0.3) is 0 Å². The van der Waals surface area contributed by atoms with Crippen molar-refractivity contribution in [3.63, 3.8) is 0 Å². The van der Waals surface area contributed by atoms with Crippen molar-refractivity contribution in [2.75, 3.05) is 0 Å². The number of carbonyl (C=O) groups is 1. The SMILES string of the molecule is C[C@]12CCCC[C@H]1[C@@H]2C(=O)N/N=C\c1ccc(O)cc1. The van der Waals surface area contributed by atoms with Gasteiger partial charge in [-0.2, -0.15) is 5.10 Å². The molecule has 4 heteroatoms. The van der Waals surface area contributed by atoms with Crippen LogP contribution >= 0.6 is 0 Å². The molecule has 1 amide bonds. The summed E-state index contributed by atoms with van der Waals surface area (Å²) in [5, 5.41) is 13.2. The van der Waals surface area contributed by atoms with Crippen molar-refractivity contribution < 1.29 is 9.90 Å². The van der Waals surface area contributed by atoms with E-state index in [1.165, 1.54) is 19.3 Å². The van der Waals surface area contributed by atoms with Crippen LogP contribution in [0.3, 0.4) is 0 Å². The Morgan fingerprint density at radius 1 is 1.40 bits per heavy atom. The number of carbonyl (C=O) groups excluding carboxylic acids is 1. The van der Waals surface area contributed by atoms with Gasteiger partial charge in [0.15, 0.2) is 0 Å². The van der Waals surface area contributed by atoms with Crippen LogP contribution in [0.15, 0.2) is 29.4 Å². The second-order valence-corrected chi connectivity index (χ2v) is 6.16. The van der Waals surface area contributed by atoms with E-state index in [4.69, 9.17) is 0 Å². The maximum absolute atomic E-state index is 12.2. The highest BCUT2D eigenvalue weighted by Crippen LogP contribution is 2.66. The summed E-state index contributed by atoms with van der Waals surface area (Å²) in [7, 11) is 0. The number of amides is 1. The molecule has 0 spiro atoms. The lowest BCUT2D eigenvalue weighted by molar-refractivity contribution is -0.123. The van der Waals surface area contributed by atoms with Crippen molar-refractivity contribution in [3.8, 4) is 5.75 Å². The average molecular weight is 272 g/mol. The number of nitrogens with zero attached hydrogens (tertiary/aromatic N) is 1. The van der Waals surface area contributed by atoms with E-state index in [0.717, 1.165) is 12.0 Å². The Morgan fingerprint density at radius 3 is 2.80 bits per heavy atom. The van der Waals surface area contributed by atoms with Crippen molar-refractivity contribution in [1.29, 1.82) is 0 Å². The number of fused-ring (bicyclic) bond motifs is 1. The number of aromatic hydroxyl groups is 1. The second kappa shape index (κ2) is 4.93. The standard InChI is InChI=1S/C16H20N2O2/c1-16-9-3-2-4-13(16)14(16)15(20)18-17-10-11-5-7-12(19)8-6-11/h5-8,10,13-14,19H,2-4,9H2,1H3,(H,18,20)/b17-10-/t13-,14+,16-/m0/s1. The van der Waals surface area contributed by atoms with Gasteiger partial charge < -0.3 is 5.11 Å². The fraction of sp³-hybridized carbons (Fsp3) is 0.500. The molecule has 2 N–H and O–H groups in total. The minimum Gasteiger partial charge on any atom is -0.508 e. The predicted molar refractivity (Wildman–Crippen MR) is 77.4 cm³/mol. The van der Waals surface area contributed by atoms with Gasteiger partial charge in [0, 0.05) is 5.92 Å². The number of phenols is 1. The fourth-order valence-corrected chi connectivity index (χ4v) is 3.65. The number of hydrazone groups is 1. The van der Waals surface area contributed by atoms with Crippen LogP contribution in [0.1, 0.15) is 38.2 Å². The number of nitrogens with one attached hydrogen (secondary N) is 1. The third-order valence-electron chi connectivity index (χ3n) is 4.90. The van der Waals surface area contributed by atoms with E-state index >= 15 is 0 Å². The van der Waals surface area contributed by atoms with Crippen LogP contribution in [0.5, 0.6) is 5.75 Å². The maximum atomic E-state index is 12.2. The van der Waals surface area contributed by atoms with Gasteiger partial charge in [0.2, 0.25) is 5.91 Å². The first kappa shape index (κ1) is 13.2. The lowest BCUT2D eigenvalue weighted by Gasteiger charge is -2.15. The minimum absolute atomic E-state index is 0.0504. The Hall–Kier alpha value is -1.84. The van der Waals surface area contributed by atoms with Crippen LogP contribution in [-0.2, 0) is 4.79 Å². The van der Waals surface area contributed by atoms with Gasteiger partial charge in [0.1, 0.15) is 5.75 Å². The van der Waals surface area contributed by atoms with E-state index in [1.54, 1.807) is 30.5 Å². The Balaban J connectivity index is 1.56. The summed E-state index contributed by atoms with van der Waals surface area (Å²) in [5.74, 6) is 0.970. The number of phenolic OH excluding ortho intramolecular Hbond substituents is 1. The molecule has 3 atom stereocenters. The summed E-state index contributed by atoms with van der Waals surface area (Å²) in [6, 6.07) is 6.70. The van der Waals surface area contributed by atoms with Crippen LogP contribution in [0.2, 0.25) is 0 Å². The second-order valence-electron chi connectivity index (χ2n) is 6.16. The van der Waals surface area contributed by atoms with Gasteiger partial charge in [-0.05, 0) is 54.0 Å². The maximum Gasteiger partial charge on any atom is 0.244 e. The van der Waals surface area contributed by atoms with Crippen molar-refractivity contribution in [2.45, 2.75) is 32.6 Å². The molecule has 2 aliphatic rings. The number of benzene rings is 1. The molecule has 0 saturated heterocycles. The molecular formula is C16H20N2O2. The highest BCUT2D eigenvalue weighted by molar-refractivity contribution is 5.85. The Kier molecular flexibility index (Phi) is 3.24. The number of rotatable bonds is 3. The van der Waals surface area contributed by atoms with E-state index in [-0.39, 0.29) is 23.0 Å². The molecule has 1 aromatic rings. The van der Waals surface area contributed by atoms with Gasteiger partial charge in [-0.25, -0.2) is 5.43 Å². The number of hydrogen-bond donors (Lipinski definition) is 2. The first-order chi connectivity index (χ1) is 9.61. The molecule has 0 heterocycles. The third kappa shape index (κ3) is 2.30. The van der Waals surface area contributed by atoms with Crippen LogP contribution in [0.4, 0.5) is 0 Å². The van der Waals surface area contributed by atoms with Crippen molar-refractivity contribution in [1.82, 2.24) is 5.43 Å². The normalized spacial score (nSPS) is 31.9. The largest absolute Gasteiger partial charge is 0.508 e. The molecule has 2 saturated carbocycles. The minimum atomic E-state index is 0.0504. The van der Waals surface area contributed by atoms with Gasteiger partial charge in [0.25, 0.3) is 0 Å². The van der Waals surface area contributed by atoms with Gasteiger partial charge in [-0.15, -0.1) is 0 Å².